The van der Waals surface area contributed by atoms with Crippen molar-refractivity contribution in [3.63, 3.8) is 0 Å². The number of para-hydroxylation sites is 2. The molecule has 5 heteroatoms. The van der Waals surface area contributed by atoms with E-state index in [2.05, 4.69) is 321 Å². The molecule has 0 unspecified atom stereocenters. The number of hydrogen-bond donors (Lipinski definition) is 0. The number of nitrogens with zero attached hydrogens (tertiary/aromatic N) is 3. The number of rotatable bonds is 18. The molecule has 0 radical (unpaired) electrons. The molecular formula is C84H96BN3O. The van der Waals surface area contributed by atoms with Gasteiger partial charge in [-0.15, -0.1) is 0 Å². The van der Waals surface area contributed by atoms with Crippen LogP contribution in [0.1, 0.15) is 197 Å². The van der Waals surface area contributed by atoms with Crippen molar-refractivity contribution in [2.75, 3.05) is 14.7 Å². The summed E-state index contributed by atoms with van der Waals surface area (Å²) in [5.74, 6) is 0. The highest BCUT2D eigenvalue weighted by Crippen LogP contribution is 2.53. The molecule has 0 saturated carbocycles. The number of furan rings is 1. The predicted octanol–water partition coefficient (Wildman–Crippen LogP) is 22.9. The SMILES string of the molecule is CCC(C)(C)c1ccc(N(c2ccc(C(C)(C)CC)cc2)c2cc3c4c(c2)N(c2ccc(C(C)(C)CC)cc2)c2c(cc(C(C)(C)CC)cc2-c2cccc5c2oc2ccccc25)B4c2cc(C(C)(C)CC)ccc2N3c2ccc(C(C)(C)CC)cc2)cc1. The lowest BCUT2D eigenvalue weighted by Crippen LogP contribution is -2.62. The second-order valence-corrected chi connectivity index (χ2v) is 30.0. The first-order valence-corrected chi connectivity index (χ1v) is 33.6. The van der Waals surface area contributed by atoms with Gasteiger partial charge in [-0.3, -0.25) is 0 Å². The third-order valence-corrected chi connectivity index (χ3v) is 22.6. The van der Waals surface area contributed by atoms with Gasteiger partial charge < -0.3 is 19.1 Å². The molecule has 2 aliphatic heterocycles. The second-order valence-electron chi connectivity index (χ2n) is 30.0. The largest absolute Gasteiger partial charge is 0.455 e. The highest BCUT2D eigenvalue weighted by molar-refractivity contribution is 7.00. The Labute approximate surface area is 534 Å². The molecular weight excluding hydrogens is 1080 g/mol. The maximum atomic E-state index is 7.15. The molecule has 0 bridgehead atoms. The summed E-state index contributed by atoms with van der Waals surface area (Å²) in [6.07, 6.45) is 6.16. The number of fused-ring (bicyclic) bond motifs is 7. The van der Waals surface area contributed by atoms with Gasteiger partial charge in [-0.1, -0.05) is 228 Å². The van der Waals surface area contributed by atoms with Gasteiger partial charge in [-0.2, -0.15) is 0 Å². The van der Waals surface area contributed by atoms with E-state index in [0.717, 1.165) is 100 Å². The highest BCUT2D eigenvalue weighted by Gasteiger charge is 2.47. The van der Waals surface area contributed by atoms with Crippen molar-refractivity contribution < 1.29 is 4.42 Å². The summed E-state index contributed by atoms with van der Waals surface area (Å²) in [5, 5.41) is 2.26. The molecule has 9 aromatic carbocycles. The summed E-state index contributed by atoms with van der Waals surface area (Å²) in [5.41, 5.74) is 26.2. The highest BCUT2D eigenvalue weighted by atomic mass is 16.3. The molecule has 0 spiro atoms. The van der Waals surface area contributed by atoms with Gasteiger partial charge in [-0.25, -0.2) is 0 Å². The van der Waals surface area contributed by atoms with Crippen molar-refractivity contribution in [1.29, 1.82) is 0 Å². The summed E-state index contributed by atoms with van der Waals surface area (Å²) in [6.45, 7) is 42.4. The second kappa shape index (κ2) is 22.6. The van der Waals surface area contributed by atoms with Crippen LogP contribution in [0, 0.1) is 0 Å². The molecule has 1 aromatic heterocycles. The summed E-state index contributed by atoms with van der Waals surface area (Å²) in [6, 6.07) is 71.3. The Kier molecular flexibility index (Phi) is 15.6. The number of benzene rings is 9. The van der Waals surface area contributed by atoms with Crippen molar-refractivity contribution in [1.82, 2.24) is 0 Å². The Bertz CT molecular complexity index is 4210. The van der Waals surface area contributed by atoms with Crippen LogP contribution in [-0.2, 0) is 32.5 Å². The van der Waals surface area contributed by atoms with E-state index in [-0.39, 0.29) is 39.2 Å². The van der Waals surface area contributed by atoms with Crippen molar-refractivity contribution >= 4 is 96.2 Å². The molecule has 0 atom stereocenters. The molecule has 456 valence electrons. The quantitative estimate of drug-likeness (QED) is 0.0799. The lowest BCUT2D eigenvalue weighted by molar-refractivity contribution is 0.506. The molecule has 0 amide bonds. The van der Waals surface area contributed by atoms with Gasteiger partial charge in [0.1, 0.15) is 11.2 Å². The van der Waals surface area contributed by atoms with Gasteiger partial charge in [0.05, 0.1) is 5.69 Å². The van der Waals surface area contributed by atoms with Crippen LogP contribution in [0.3, 0.4) is 0 Å². The minimum Gasteiger partial charge on any atom is -0.455 e. The van der Waals surface area contributed by atoms with Crippen molar-refractivity contribution in [3.8, 4) is 11.1 Å². The lowest BCUT2D eigenvalue weighted by Gasteiger charge is -2.46. The minimum absolute atomic E-state index is 0.00833. The van der Waals surface area contributed by atoms with Crippen LogP contribution in [0.2, 0.25) is 0 Å². The zero-order valence-electron chi connectivity index (χ0n) is 56.9. The fourth-order valence-electron chi connectivity index (χ4n) is 13.7. The van der Waals surface area contributed by atoms with Crippen molar-refractivity contribution in [2.24, 2.45) is 0 Å². The summed E-state index contributed by atoms with van der Waals surface area (Å²) in [4.78, 5) is 7.84. The molecule has 0 saturated heterocycles. The molecule has 0 aliphatic carbocycles. The average molecular weight is 1170 g/mol. The first-order chi connectivity index (χ1) is 42.3. The van der Waals surface area contributed by atoms with Crippen molar-refractivity contribution in [3.05, 3.63) is 215 Å². The average Bonchev–Trinajstić information content (AvgIpc) is 0.821. The Morgan fingerprint density at radius 2 is 0.764 bits per heavy atom. The minimum atomic E-state index is -0.162. The Morgan fingerprint density at radius 3 is 1.27 bits per heavy atom. The van der Waals surface area contributed by atoms with Gasteiger partial charge in [-0.05, 0) is 200 Å². The fourth-order valence-corrected chi connectivity index (χ4v) is 13.7. The third kappa shape index (κ3) is 10.5. The van der Waals surface area contributed by atoms with E-state index in [9.17, 15) is 0 Å². The predicted molar refractivity (Wildman–Crippen MR) is 388 cm³/mol. The molecule has 0 fully saturated rings. The molecule has 10 aromatic rings. The lowest BCUT2D eigenvalue weighted by atomic mass is 9.33. The zero-order chi connectivity index (χ0) is 63.3. The van der Waals surface area contributed by atoms with E-state index in [1.54, 1.807) is 0 Å². The first-order valence-electron chi connectivity index (χ1n) is 33.6. The van der Waals surface area contributed by atoms with Crippen LogP contribution in [0.15, 0.2) is 186 Å². The molecule has 89 heavy (non-hydrogen) atoms. The maximum absolute atomic E-state index is 7.15. The topological polar surface area (TPSA) is 22.9 Å². The van der Waals surface area contributed by atoms with Crippen LogP contribution in [0.5, 0.6) is 0 Å². The zero-order valence-corrected chi connectivity index (χ0v) is 56.9. The van der Waals surface area contributed by atoms with E-state index in [0.29, 0.717) is 0 Å². The maximum Gasteiger partial charge on any atom is 0.252 e. The van der Waals surface area contributed by atoms with Gasteiger partial charge >= 0.3 is 0 Å². The van der Waals surface area contributed by atoms with Crippen LogP contribution in [-0.4, -0.2) is 6.71 Å². The van der Waals surface area contributed by atoms with Crippen LogP contribution in [0.25, 0.3) is 33.1 Å². The van der Waals surface area contributed by atoms with Gasteiger partial charge in [0.25, 0.3) is 6.71 Å². The first kappa shape index (κ1) is 61.5. The smallest absolute Gasteiger partial charge is 0.252 e. The number of hydrogen-bond acceptors (Lipinski definition) is 4. The Balaban J connectivity index is 1.27. The van der Waals surface area contributed by atoms with E-state index < -0.39 is 0 Å². The van der Waals surface area contributed by atoms with E-state index in [1.807, 2.05) is 0 Å². The normalized spacial score (nSPS) is 13.7. The summed E-state index contributed by atoms with van der Waals surface area (Å²) < 4.78 is 7.15. The third-order valence-electron chi connectivity index (χ3n) is 22.6. The van der Waals surface area contributed by atoms with Crippen molar-refractivity contribution in [2.45, 2.75) is 196 Å². The summed E-state index contributed by atoms with van der Waals surface area (Å²) in [7, 11) is 0. The van der Waals surface area contributed by atoms with Gasteiger partial charge in [0, 0.05) is 67.4 Å². The van der Waals surface area contributed by atoms with Gasteiger partial charge in [0.15, 0.2) is 0 Å². The molecule has 2 aliphatic rings. The van der Waals surface area contributed by atoms with Gasteiger partial charge in [0.2, 0.25) is 0 Å². The number of anilines is 9. The molecule has 12 rings (SSSR count). The Morgan fingerprint density at radius 1 is 0.348 bits per heavy atom. The molecule has 3 heterocycles. The molecule has 0 N–H and O–H groups in total. The Hall–Kier alpha value is -7.76. The van der Waals surface area contributed by atoms with Crippen LogP contribution >= 0.6 is 0 Å². The standard InChI is InChI=1S/C84H96BN3O/c1-19-79(7,8)55-32-41-61(42-33-55)86(62-43-34-56(35-44-62)80(9,10)20-2)65-53-73-76-74(54-65)88(64-47-38-58(39-48-64)82(13,14)22-4)77-69(68-30-27-29-67-66-28-25-26-31-75(66)89-78(67)68)50-60(84(17,18)24-6)52-71(77)85(76)70-51-59(83(15,16)23-5)40-49-72(70)87(73)63-45-36-57(37-46-63)81(11,12)21-3/h25-54H,19-24H2,1-18H3. The van der Waals surface area contributed by atoms with Crippen LogP contribution < -0.4 is 31.1 Å². The van der Waals surface area contributed by atoms with E-state index >= 15 is 0 Å². The van der Waals surface area contributed by atoms with E-state index in [1.165, 1.54) is 72.4 Å². The monoisotopic (exact) mass is 1170 g/mol. The fraction of sp³-hybridized carbons (Fsp3) is 0.357. The van der Waals surface area contributed by atoms with Crippen LogP contribution in [0.4, 0.5) is 51.2 Å². The summed E-state index contributed by atoms with van der Waals surface area (Å²) >= 11 is 0. The van der Waals surface area contributed by atoms with E-state index in [4.69, 9.17) is 4.42 Å². The molecule has 4 nitrogen and oxygen atoms in total.